The summed E-state index contributed by atoms with van der Waals surface area (Å²) in [6.07, 6.45) is 3.60. The Morgan fingerprint density at radius 2 is 2.00 bits per heavy atom. The van der Waals surface area contributed by atoms with Crippen LogP contribution in [-0.4, -0.2) is 15.8 Å². The molecule has 0 amide bonds. The predicted octanol–water partition coefficient (Wildman–Crippen LogP) is 3.08. The molecule has 1 aromatic heterocycles. The van der Waals surface area contributed by atoms with Crippen molar-refractivity contribution in [3.8, 4) is 0 Å². The van der Waals surface area contributed by atoms with Gasteiger partial charge in [-0.2, -0.15) is 5.10 Å². The van der Waals surface area contributed by atoms with Crippen molar-refractivity contribution in [2.75, 3.05) is 5.32 Å². The smallest absolute Gasteiger partial charge is 0.287 e. The molecule has 96 valence electrons. The van der Waals surface area contributed by atoms with Crippen molar-refractivity contribution >= 4 is 17.3 Å². The van der Waals surface area contributed by atoms with Crippen LogP contribution in [0.2, 0.25) is 5.02 Å². The lowest BCUT2D eigenvalue weighted by Crippen LogP contribution is -2.27. The fourth-order valence-corrected chi connectivity index (χ4v) is 1.82. The molecule has 1 N–H and O–H groups in total. The highest BCUT2D eigenvalue weighted by atomic mass is 35.5. The maximum absolute atomic E-state index is 11.9. The third-order valence-electron chi connectivity index (χ3n) is 2.78. The molecule has 0 saturated heterocycles. The lowest BCUT2D eigenvalue weighted by Gasteiger charge is -2.17. The van der Waals surface area contributed by atoms with E-state index < -0.39 is 0 Å². The molecule has 1 rings (SSSR count). The van der Waals surface area contributed by atoms with E-state index in [1.165, 1.54) is 4.68 Å². The van der Waals surface area contributed by atoms with Gasteiger partial charge in [0.15, 0.2) is 0 Å². The number of nitrogens with one attached hydrogen (secondary N) is 1. The van der Waals surface area contributed by atoms with Crippen LogP contribution in [0.1, 0.15) is 46.6 Å². The standard InChI is InChI=1S/C12H20ClN3O/c1-5-9(6-2)15-10-7-14-16(8(3)4)12(17)11(10)13/h7-9,15H,5-6H2,1-4H3. The van der Waals surface area contributed by atoms with Crippen LogP contribution in [0, 0.1) is 0 Å². The molecule has 5 heteroatoms. The largest absolute Gasteiger partial charge is 0.380 e. The van der Waals surface area contributed by atoms with Gasteiger partial charge in [-0.05, 0) is 26.7 Å². The summed E-state index contributed by atoms with van der Waals surface area (Å²) in [6.45, 7) is 7.99. The second-order valence-corrected chi connectivity index (χ2v) is 4.75. The van der Waals surface area contributed by atoms with E-state index in [-0.39, 0.29) is 16.6 Å². The maximum Gasteiger partial charge on any atom is 0.287 e. The molecule has 0 aliphatic heterocycles. The zero-order valence-electron chi connectivity index (χ0n) is 10.8. The van der Waals surface area contributed by atoms with Crippen molar-refractivity contribution in [2.45, 2.75) is 52.6 Å². The van der Waals surface area contributed by atoms with E-state index in [1.54, 1.807) is 6.20 Å². The molecule has 17 heavy (non-hydrogen) atoms. The second-order valence-electron chi connectivity index (χ2n) is 4.37. The van der Waals surface area contributed by atoms with Gasteiger partial charge in [-0.15, -0.1) is 0 Å². The van der Waals surface area contributed by atoms with Crippen LogP contribution in [0.3, 0.4) is 0 Å². The highest BCUT2D eigenvalue weighted by Gasteiger charge is 2.13. The summed E-state index contributed by atoms with van der Waals surface area (Å²) in [6, 6.07) is 0.339. The normalized spacial score (nSPS) is 11.2. The number of aromatic nitrogens is 2. The number of rotatable bonds is 5. The van der Waals surface area contributed by atoms with Crippen molar-refractivity contribution in [1.29, 1.82) is 0 Å². The first kappa shape index (κ1) is 14.0. The molecule has 4 nitrogen and oxygen atoms in total. The summed E-state index contributed by atoms with van der Waals surface area (Å²) in [4.78, 5) is 11.9. The van der Waals surface area contributed by atoms with E-state index in [2.05, 4.69) is 24.3 Å². The molecule has 0 saturated carbocycles. The van der Waals surface area contributed by atoms with Gasteiger partial charge < -0.3 is 5.32 Å². The average Bonchev–Trinajstić information content (AvgIpc) is 2.30. The first-order valence-electron chi connectivity index (χ1n) is 6.05. The number of nitrogens with zero attached hydrogens (tertiary/aromatic N) is 2. The summed E-state index contributed by atoms with van der Waals surface area (Å²) in [5.41, 5.74) is 0.389. The predicted molar refractivity (Wildman–Crippen MR) is 71.9 cm³/mol. The van der Waals surface area contributed by atoms with Gasteiger partial charge in [0, 0.05) is 6.04 Å². The molecule has 0 aromatic carbocycles. The second kappa shape index (κ2) is 6.05. The Kier molecular flexibility index (Phi) is 5.00. The fourth-order valence-electron chi connectivity index (χ4n) is 1.63. The molecule has 0 atom stereocenters. The van der Waals surface area contributed by atoms with E-state index in [0.29, 0.717) is 11.7 Å². The average molecular weight is 258 g/mol. The number of hydrogen-bond donors (Lipinski definition) is 1. The van der Waals surface area contributed by atoms with E-state index in [4.69, 9.17) is 11.6 Å². The highest BCUT2D eigenvalue weighted by molar-refractivity contribution is 6.32. The number of hydrogen-bond acceptors (Lipinski definition) is 3. The zero-order valence-corrected chi connectivity index (χ0v) is 11.6. The topological polar surface area (TPSA) is 46.9 Å². The molecular weight excluding hydrogens is 238 g/mol. The monoisotopic (exact) mass is 257 g/mol. The molecule has 0 bridgehead atoms. The van der Waals surface area contributed by atoms with Crippen LogP contribution in [0.5, 0.6) is 0 Å². The van der Waals surface area contributed by atoms with Crippen molar-refractivity contribution in [3.05, 3.63) is 21.6 Å². The minimum Gasteiger partial charge on any atom is -0.380 e. The molecule has 1 heterocycles. The molecule has 1 aromatic rings. The van der Waals surface area contributed by atoms with Gasteiger partial charge in [-0.25, -0.2) is 4.68 Å². The summed E-state index contributed by atoms with van der Waals surface area (Å²) in [7, 11) is 0. The van der Waals surface area contributed by atoms with Gasteiger partial charge in [0.25, 0.3) is 5.56 Å². The van der Waals surface area contributed by atoms with Gasteiger partial charge in [0.1, 0.15) is 5.02 Å². The van der Waals surface area contributed by atoms with E-state index >= 15 is 0 Å². The zero-order chi connectivity index (χ0) is 13.0. The molecule has 0 fully saturated rings. The highest BCUT2D eigenvalue weighted by Crippen LogP contribution is 2.18. The molecule has 0 unspecified atom stereocenters. The quantitative estimate of drug-likeness (QED) is 0.882. The molecule has 0 aliphatic carbocycles. The summed E-state index contributed by atoms with van der Waals surface area (Å²) in [5, 5.41) is 7.59. The van der Waals surface area contributed by atoms with Gasteiger partial charge in [0.05, 0.1) is 17.9 Å². The van der Waals surface area contributed by atoms with Crippen molar-refractivity contribution in [2.24, 2.45) is 0 Å². The summed E-state index contributed by atoms with van der Waals surface area (Å²) >= 11 is 6.06. The van der Waals surface area contributed by atoms with E-state index in [1.807, 2.05) is 13.8 Å². The van der Waals surface area contributed by atoms with Gasteiger partial charge in [0.2, 0.25) is 0 Å². The first-order valence-corrected chi connectivity index (χ1v) is 6.42. The number of anilines is 1. The summed E-state index contributed by atoms with van der Waals surface area (Å²) < 4.78 is 1.39. The lowest BCUT2D eigenvalue weighted by atomic mass is 10.1. The van der Waals surface area contributed by atoms with Gasteiger partial charge in [-0.1, -0.05) is 25.4 Å². The van der Waals surface area contributed by atoms with Crippen LogP contribution in [0.25, 0.3) is 0 Å². The Hall–Kier alpha value is -1.03. The molecule has 0 aliphatic rings. The Bertz CT molecular complexity index is 424. The first-order chi connectivity index (χ1) is 8.01. The van der Waals surface area contributed by atoms with Crippen molar-refractivity contribution in [3.63, 3.8) is 0 Å². The lowest BCUT2D eigenvalue weighted by molar-refractivity contribution is 0.502. The Labute approximate surface area is 107 Å². The molecule has 0 radical (unpaired) electrons. The van der Waals surface area contributed by atoms with Crippen molar-refractivity contribution in [1.82, 2.24) is 9.78 Å². The van der Waals surface area contributed by atoms with Gasteiger partial charge in [-0.3, -0.25) is 4.79 Å². The Morgan fingerprint density at radius 3 is 2.47 bits per heavy atom. The van der Waals surface area contributed by atoms with E-state index in [0.717, 1.165) is 12.8 Å². The molecule has 0 spiro atoms. The Morgan fingerprint density at radius 1 is 1.41 bits per heavy atom. The maximum atomic E-state index is 11.9. The Balaban J connectivity index is 3.04. The van der Waals surface area contributed by atoms with Crippen LogP contribution in [-0.2, 0) is 0 Å². The fraction of sp³-hybridized carbons (Fsp3) is 0.667. The third kappa shape index (κ3) is 3.22. The van der Waals surface area contributed by atoms with Crippen LogP contribution < -0.4 is 10.9 Å². The van der Waals surface area contributed by atoms with Crippen LogP contribution in [0.4, 0.5) is 5.69 Å². The minimum atomic E-state index is -0.238. The SMILES string of the molecule is CCC(CC)Nc1cnn(C(C)C)c(=O)c1Cl. The minimum absolute atomic E-state index is 0.0159. The van der Waals surface area contributed by atoms with Crippen molar-refractivity contribution < 1.29 is 0 Å². The third-order valence-corrected chi connectivity index (χ3v) is 3.14. The van der Waals surface area contributed by atoms with Crippen LogP contribution in [0.15, 0.2) is 11.0 Å². The van der Waals surface area contributed by atoms with E-state index in [9.17, 15) is 4.79 Å². The van der Waals surface area contributed by atoms with Gasteiger partial charge >= 0.3 is 0 Å². The molecular formula is C12H20ClN3O. The summed E-state index contributed by atoms with van der Waals surface area (Å²) in [5.74, 6) is 0. The van der Waals surface area contributed by atoms with Crippen LogP contribution >= 0.6 is 11.6 Å². The number of halogens is 1.